The Bertz CT molecular complexity index is 1290. The molecule has 0 unspecified atom stereocenters. The Kier molecular flexibility index (Phi) is 8.18. The molecule has 0 saturated heterocycles. The van der Waals surface area contributed by atoms with Crippen molar-refractivity contribution in [1.29, 1.82) is 0 Å². The maximum atomic E-state index is 12.4. The van der Waals surface area contributed by atoms with Gasteiger partial charge in [-0.2, -0.15) is 0 Å². The molecule has 0 amide bonds. The van der Waals surface area contributed by atoms with Gasteiger partial charge in [-0.15, -0.1) is 0 Å². The molecule has 3 aromatic rings. The van der Waals surface area contributed by atoms with E-state index >= 15 is 0 Å². The van der Waals surface area contributed by atoms with Crippen LogP contribution >= 0.6 is 79.4 Å². The number of benzene rings is 3. The van der Waals surface area contributed by atoms with E-state index in [1.165, 1.54) is 3.57 Å². The fraction of sp³-hybridized carbons (Fsp3) is 0.0833. The molecule has 168 valence electrons. The molecule has 0 aromatic heterocycles. The standard InChI is InChI=1S/C24H15ClI3NO4/c1-31-21-10-14(8-19(28)22(21)32-12-13-2-4-15(26)5-3-13)9-20-24(30)33-23(29-20)17-11-16(27)6-7-18(17)25/h2-11H,12H2,1H3/b20-9-. The van der Waals surface area contributed by atoms with Crippen molar-refractivity contribution in [1.82, 2.24) is 0 Å². The zero-order chi connectivity index (χ0) is 23.5. The molecule has 1 aliphatic heterocycles. The van der Waals surface area contributed by atoms with Crippen LogP contribution in [0.1, 0.15) is 16.7 Å². The minimum atomic E-state index is -0.534. The molecule has 0 bridgehead atoms. The van der Waals surface area contributed by atoms with Gasteiger partial charge in [0.1, 0.15) is 6.61 Å². The van der Waals surface area contributed by atoms with Gasteiger partial charge in [-0.25, -0.2) is 9.79 Å². The molecule has 0 atom stereocenters. The third-order valence-corrected chi connectivity index (χ3v) is 7.15. The molecule has 0 aliphatic carbocycles. The largest absolute Gasteiger partial charge is 0.493 e. The summed E-state index contributed by atoms with van der Waals surface area (Å²) in [4.78, 5) is 16.8. The number of carbonyl (C=O) groups is 1. The average molecular weight is 798 g/mol. The number of hydrogen-bond acceptors (Lipinski definition) is 5. The predicted octanol–water partition coefficient (Wildman–Crippen LogP) is 7.09. The summed E-state index contributed by atoms with van der Waals surface area (Å²) in [6.07, 6.45) is 1.66. The first kappa shape index (κ1) is 24.7. The van der Waals surface area contributed by atoms with Gasteiger partial charge in [-0.3, -0.25) is 0 Å². The monoisotopic (exact) mass is 797 g/mol. The summed E-state index contributed by atoms with van der Waals surface area (Å²) in [5.74, 6) is 0.861. The van der Waals surface area contributed by atoms with Crippen LogP contribution in [0.2, 0.25) is 5.02 Å². The molecule has 0 N–H and O–H groups in total. The molecule has 0 spiro atoms. The highest BCUT2D eigenvalue weighted by Gasteiger charge is 2.26. The highest BCUT2D eigenvalue weighted by Crippen LogP contribution is 2.36. The minimum absolute atomic E-state index is 0.185. The molecular formula is C24H15ClI3NO4. The Morgan fingerprint density at radius 1 is 1.03 bits per heavy atom. The SMILES string of the molecule is COc1cc(/C=C2\N=C(c3cc(I)ccc3Cl)OC2=O)cc(I)c1OCc1ccc(I)cc1. The van der Waals surface area contributed by atoms with Crippen LogP contribution < -0.4 is 9.47 Å². The molecule has 3 aromatic carbocycles. The van der Waals surface area contributed by atoms with Crippen LogP contribution in [0.25, 0.3) is 6.08 Å². The maximum absolute atomic E-state index is 12.4. The average Bonchev–Trinajstić information content (AvgIpc) is 3.15. The molecule has 5 nitrogen and oxygen atoms in total. The highest BCUT2D eigenvalue weighted by molar-refractivity contribution is 14.1. The van der Waals surface area contributed by atoms with Crippen LogP contribution in [0.15, 0.2) is 65.3 Å². The van der Waals surface area contributed by atoms with Crippen molar-refractivity contribution in [2.45, 2.75) is 6.61 Å². The normalized spacial score (nSPS) is 14.3. The minimum Gasteiger partial charge on any atom is -0.493 e. The maximum Gasteiger partial charge on any atom is 0.363 e. The molecule has 1 heterocycles. The third kappa shape index (κ3) is 6.01. The molecule has 0 radical (unpaired) electrons. The fourth-order valence-electron chi connectivity index (χ4n) is 3.04. The summed E-state index contributed by atoms with van der Waals surface area (Å²) in [5, 5.41) is 0.467. The Hall–Kier alpha value is -1.38. The van der Waals surface area contributed by atoms with E-state index in [-0.39, 0.29) is 11.6 Å². The molecular weight excluding hydrogens is 782 g/mol. The zero-order valence-corrected chi connectivity index (χ0v) is 24.3. The van der Waals surface area contributed by atoms with Crippen molar-refractivity contribution >= 4 is 97.3 Å². The van der Waals surface area contributed by atoms with E-state index in [4.69, 9.17) is 25.8 Å². The molecule has 1 aliphatic rings. The lowest BCUT2D eigenvalue weighted by Crippen LogP contribution is -2.06. The van der Waals surface area contributed by atoms with Crippen LogP contribution in [0.4, 0.5) is 0 Å². The number of carbonyl (C=O) groups excluding carboxylic acids is 1. The summed E-state index contributed by atoms with van der Waals surface area (Å²) < 4.78 is 19.9. The van der Waals surface area contributed by atoms with Gasteiger partial charge in [-0.05, 0) is 127 Å². The van der Waals surface area contributed by atoms with Crippen LogP contribution in [0, 0.1) is 10.7 Å². The van der Waals surface area contributed by atoms with E-state index in [0.717, 1.165) is 18.3 Å². The van der Waals surface area contributed by atoms with Gasteiger partial charge < -0.3 is 14.2 Å². The molecule has 0 saturated carbocycles. The lowest BCUT2D eigenvalue weighted by Gasteiger charge is -2.14. The number of esters is 1. The fourth-order valence-corrected chi connectivity index (χ4v) is 4.87. The number of aliphatic imine (C=N–C) groups is 1. The van der Waals surface area contributed by atoms with E-state index in [1.807, 2.05) is 42.5 Å². The Morgan fingerprint density at radius 2 is 1.76 bits per heavy atom. The highest BCUT2D eigenvalue weighted by atomic mass is 127. The van der Waals surface area contributed by atoms with Crippen LogP contribution in [-0.4, -0.2) is 19.0 Å². The van der Waals surface area contributed by atoms with Crippen molar-refractivity contribution < 1.29 is 19.0 Å². The third-order valence-electron chi connectivity index (χ3n) is 4.63. The van der Waals surface area contributed by atoms with Crippen molar-refractivity contribution in [3.8, 4) is 11.5 Å². The first-order valence-corrected chi connectivity index (χ1v) is 13.2. The van der Waals surface area contributed by atoms with Gasteiger partial charge in [0.15, 0.2) is 17.2 Å². The van der Waals surface area contributed by atoms with Crippen LogP contribution in [0.3, 0.4) is 0 Å². The molecule has 0 fully saturated rings. The summed E-state index contributed by atoms with van der Waals surface area (Å²) >= 11 is 12.9. The van der Waals surface area contributed by atoms with Crippen molar-refractivity contribution in [2.75, 3.05) is 7.11 Å². The quantitative estimate of drug-likeness (QED) is 0.152. The van der Waals surface area contributed by atoms with E-state index in [2.05, 4.69) is 72.8 Å². The number of methoxy groups -OCH3 is 1. The van der Waals surface area contributed by atoms with Crippen LogP contribution in [-0.2, 0) is 16.1 Å². The van der Waals surface area contributed by atoms with E-state index in [1.54, 1.807) is 25.3 Å². The van der Waals surface area contributed by atoms with E-state index in [0.29, 0.717) is 28.7 Å². The first-order chi connectivity index (χ1) is 15.8. The summed E-state index contributed by atoms with van der Waals surface area (Å²) in [6.45, 7) is 0.417. The first-order valence-electron chi connectivity index (χ1n) is 9.57. The van der Waals surface area contributed by atoms with Gasteiger partial charge in [0, 0.05) is 7.14 Å². The summed E-state index contributed by atoms with van der Waals surface area (Å²) in [7, 11) is 1.58. The van der Waals surface area contributed by atoms with E-state index < -0.39 is 5.97 Å². The second kappa shape index (κ2) is 10.9. The van der Waals surface area contributed by atoms with Gasteiger partial charge in [0.05, 0.1) is 21.3 Å². The van der Waals surface area contributed by atoms with Gasteiger partial charge in [0.2, 0.25) is 5.90 Å². The Morgan fingerprint density at radius 3 is 2.48 bits per heavy atom. The topological polar surface area (TPSA) is 57.1 Å². The number of ether oxygens (including phenoxy) is 3. The number of cyclic esters (lactones) is 1. The Labute approximate surface area is 237 Å². The number of halogens is 4. The lowest BCUT2D eigenvalue weighted by molar-refractivity contribution is -0.129. The summed E-state index contributed by atoms with van der Waals surface area (Å²) in [5.41, 5.74) is 2.56. The number of nitrogens with zero attached hydrogens (tertiary/aromatic N) is 1. The molecule has 9 heteroatoms. The molecule has 4 rings (SSSR count). The van der Waals surface area contributed by atoms with Gasteiger partial charge in [-0.1, -0.05) is 23.7 Å². The summed E-state index contributed by atoms with van der Waals surface area (Å²) in [6, 6.07) is 17.3. The second-order valence-electron chi connectivity index (χ2n) is 6.91. The van der Waals surface area contributed by atoms with Gasteiger partial charge >= 0.3 is 5.97 Å². The smallest absolute Gasteiger partial charge is 0.363 e. The second-order valence-corrected chi connectivity index (χ2v) is 11.0. The number of hydrogen-bond donors (Lipinski definition) is 0. The molecule has 33 heavy (non-hydrogen) atoms. The Balaban J connectivity index is 1.60. The van der Waals surface area contributed by atoms with E-state index in [9.17, 15) is 4.79 Å². The van der Waals surface area contributed by atoms with Crippen LogP contribution in [0.5, 0.6) is 11.5 Å². The zero-order valence-electron chi connectivity index (χ0n) is 17.1. The van der Waals surface area contributed by atoms with Crippen molar-refractivity contribution in [3.05, 3.63) is 92.7 Å². The number of rotatable bonds is 6. The lowest BCUT2D eigenvalue weighted by atomic mass is 10.1. The van der Waals surface area contributed by atoms with Crippen molar-refractivity contribution in [2.24, 2.45) is 4.99 Å². The van der Waals surface area contributed by atoms with Crippen molar-refractivity contribution in [3.63, 3.8) is 0 Å². The predicted molar refractivity (Wildman–Crippen MR) is 154 cm³/mol. The van der Waals surface area contributed by atoms with Gasteiger partial charge in [0.25, 0.3) is 0 Å².